The largest absolute Gasteiger partial charge is 0.486 e. The predicted molar refractivity (Wildman–Crippen MR) is 130 cm³/mol. The quantitative estimate of drug-likeness (QED) is 0.478. The number of nitrogens with zero attached hydrogens (tertiary/aromatic N) is 5. The number of benzene rings is 1. The molecule has 2 aliphatic rings. The number of hydrogen-bond donors (Lipinski definition) is 2. The fourth-order valence-corrected chi connectivity index (χ4v) is 4.52. The number of aliphatic hydroxyl groups is 1. The van der Waals surface area contributed by atoms with E-state index >= 15 is 0 Å². The van der Waals surface area contributed by atoms with Gasteiger partial charge in [-0.2, -0.15) is 5.26 Å². The summed E-state index contributed by atoms with van der Waals surface area (Å²) in [4.78, 5) is 29.8. The Morgan fingerprint density at radius 3 is 2.82 bits per heavy atom. The number of nitriles is 1. The van der Waals surface area contributed by atoms with Gasteiger partial charge in [0.05, 0.1) is 18.0 Å². The van der Waals surface area contributed by atoms with E-state index in [2.05, 4.69) is 26.6 Å². The number of rotatable bonds is 7. The smallest absolute Gasteiger partial charge is 0.248 e. The number of anilines is 1. The van der Waals surface area contributed by atoms with E-state index in [-0.39, 0.29) is 48.6 Å². The molecule has 0 spiro atoms. The van der Waals surface area contributed by atoms with Crippen LogP contribution in [0.5, 0.6) is 5.75 Å². The van der Waals surface area contributed by atoms with Gasteiger partial charge in [0, 0.05) is 32.0 Å². The number of aliphatic hydroxyl groups excluding tert-OH is 1. The Morgan fingerprint density at radius 2 is 2.11 bits per heavy atom. The number of carbonyl (C=O) groups is 2. The van der Waals surface area contributed by atoms with E-state index in [4.69, 9.17) is 14.3 Å². The van der Waals surface area contributed by atoms with Crippen molar-refractivity contribution in [3.8, 4) is 22.9 Å². The summed E-state index contributed by atoms with van der Waals surface area (Å²) in [5, 5.41) is 29.3. The molecule has 3 heterocycles. The van der Waals surface area contributed by atoms with Crippen molar-refractivity contribution in [1.82, 2.24) is 20.1 Å². The number of aryl methyl sites for hydroxylation is 1. The van der Waals surface area contributed by atoms with Crippen LogP contribution >= 0.6 is 0 Å². The van der Waals surface area contributed by atoms with Crippen molar-refractivity contribution in [3.05, 3.63) is 53.9 Å². The van der Waals surface area contributed by atoms with Gasteiger partial charge in [0.15, 0.2) is 6.17 Å². The van der Waals surface area contributed by atoms with Gasteiger partial charge in [0.2, 0.25) is 23.6 Å². The number of alkyl halides is 1. The molecule has 196 valence electrons. The number of pyridine rings is 1. The zero-order valence-corrected chi connectivity index (χ0v) is 20.5. The highest BCUT2D eigenvalue weighted by atomic mass is 19.1. The molecule has 4 atom stereocenters. The molecular formula is C26H25FN6O5. The molecule has 12 heteroatoms. The average Bonchev–Trinajstić information content (AvgIpc) is 3.62. The molecule has 1 saturated heterocycles. The van der Waals surface area contributed by atoms with Crippen LogP contribution in [0.3, 0.4) is 0 Å². The number of carbonyl (C=O) groups excluding carboxylic acids is 2. The Bertz CT molecular complexity index is 1400. The van der Waals surface area contributed by atoms with Crippen LogP contribution < -0.4 is 10.1 Å². The average molecular weight is 521 g/mol. The van der Waals surface area contributed by atoms with Gasteiger partial charge >= 0.3 is 0 Å². The lowest BCUT2D eigenvalue weighted by Crippen LogP contribution is -2.50. The van der Waals surface area contributed by atoms with Gasteiger partial charge in [0.25, 0.3) is 0 Å². The second-order valence-electron chi connectivity index (χ2n) is 9.31. The molecule has 11 nitrogen and oxygen atoms in total. The van der Waals surface area contributed by atoms with E-state index in [0.717, 1.165) is 5.56 Å². The molecule has 2 unspecified atom stereocenters. The van der Waals surface area contributed by atoms with Crippen molar-refractivity contribution >= 4 is 17.6 Å². The second-order valence-corrected chi connectivity index (χ2v) is 9.31. The third-order valence-corrected chi connectivity index (χ3v) is 6.68. The first kappa shape index (κ1) is 25.3. The Hall–Kier alpha value is -4.37. The van der Waals surface area contributed by atoms with Gasteiger partial charge in [-0.3, -0.25) is 9.59 Å². The summed E-state index contributed by atoms with van der Waals surface area (Å²) in [6.45, 7) is 1.11. The lowest BCUT2D eigenvalue weighted by atomic mass is 10.0. The molecule has 5 rings (SSSR count). The van der Waals surface area contributed by atoms with Crippen LogP contribution in [0.4, 0.5) is 10.2 Å². The maximum atomic E-state index is 14.7. The highest BCUT2D eigenvalue weighted by Gasteiger charge is 2.47. The zero-order chi connectivity index (χ0) is 26.8. The number of amides is 2. The molecule has 1 aliphatic heterocycles. The normalized spacial score (nSPS) is 22.4. The molecule has 2 fully saturated rings. The highest BCUT2D eigenvalue weighted by molar-refractivity contribution is 5.94. The molecule has 1 aliphatic carbocycles. The summed E-state index contributed by atoms with van der Waals surface area (Å²) >= 11 is 0. The number of nitrogens with one attached hydrogen (secondary N) is 1. The minimum Gasteiger partial charge on any atom is -0.486 e. The van der Waals surface area contributed by atoms with Crippen molar-refractivity contribution in [2.24, 2.45) is 5.92 Å². The van der Waals surface area contributed by atoms with E-state index in [9.17, 15) is 19.2 Å². The van der Waals surface area contributed by atoms with E-state index in [1.807, 2.05) is 0 Å². The molecule has 0 radical (unpaired) electrons. The van der Waals surface area contributed by atoms with Gasteiger partial charge in [-0.15, -0.1) is 10.2 Å². The van der Waals surface area contributed by atoms with Crippen LogP contribution in [-0.2, 0) is 9.59 Å². The minimum absolute atomic E-state index is 0.101. The van der Waals surface area contributed by atoms with Gasteiger partial charge in [-0.1, -0.05) is 6.07 Å². The number of hydrogen-bond acceptors (Lipinski definition) is 9. The maximum Gasteiger partial charge on any atom is 0.248 e. The number of aromatic nitrogens is 3. The number of ether oxygens (including phenoxy) is 1. The van der Waals surface area contributed by atoms with Crippen molar-refractivity contribution in [2.75, 3.05) is 25.0 Å². The van der Waals surface area contributed by atoms with Crippen molar-refractivity contribution in [1.29, 1.82) is 5.26 Å². The van der Waals surface area contributed by atoms with Crippen LogP contribution in [0, 0.1) is 24.2 Å². The number of piperidine rings is 1. The standard InChI is InChI=1S/C26H25FN6O5/c1-14-31-32-26(37-14)19-10-18(19)25(36)30-23-9-16(4-6-29-23)15-2-3-21(17(8-15)11-28)38-22-5-7-33(12-20(22)27)24(35)13-34/h2-4,6,8-9,18-20,22,34H,5,7,10,12-13H2,1H3,(H,29,30,36)/t18?,19?,20-,22+/m1/s1. The predicted octanol–water partition coefficient (Wildman–Crippen LogP) is 2.36. The zero-order valence-electron chi connectivity index (χ0n) is 20.5. The first-order valence-electron chi connectivity index (χ1n) is 12.2. The Balaban J connectivity index is 1.25. The Kier molecular flexibility index (Phi) is 7.02. The van der Waals surface area contributed by atoms with E-state index in [1.54, 1.807) is 43.5 Å². The third-order valence-electron chi connectivity index (χ3n) is 6.68. The SMILES string of the molecule is Cc1nnc(C2CC2C(=O)Nc2cc(-c3ccc(O[C@H]4CCN(C(=O)CO)C[C@H]4F)c(C#N)c3)ccn2)o1. The van der Waals surface area contributed by atoms with Gasteiger partial charge < -0.3 is 24.5 Å². The summed E-state index contributed by atoms with van der Waals surface area (Å²) in [6.07, 6.45) is 0.146. The minimum atomic E-state index is -1.45. The monoisotopic (exact) mass is 520 g/mol. The fraction of sp³-hybridized carbons (Fsp3) is 0.385. The van der Waals surface area contributed by atoms with E-state index in [0.29, 0.717) is 29.6 Å². The lowest BCUT2D eigenvalue weighted by molar-refractivity contribution is -0.138. The molecule has 2 amide bonds. The molecule has 3 aromatic rings. The Morgan fingerprint density at radius 1 is 1.29 bits per heavy atom. The maximum absolute atomic E-state index is 14.7. The fourth-order valence-electron chi connectivity index (χ4n) is 4.52. The molecular weight excluding hydrogens is 495 g/mol. The highest BCUT2D eigenvalue weighted by Crippen LogP contribution is 2.47. The Labute approximate surface area is 217 Å². The van der Waals surface area contributed by atoms with Crippen molar-refractivity contribution in [2.45, 2.75) is 38.0 Å². The van der Waals surface area contributed by atoms with Gasteiger partial charge in [0.1, 0.15) is 30.3 Å². The second kappa shape index (κ2) is 10.5. The van der Waals surface area contributed by atoms with Crippen molar-refractivity contribution < 1.29 is 28.2 Å². The number of halogens is 1. The van der Waals surface area contributed by atoms with Gasteiger partial charge in [-0.25, -0.2) is 9.37 Å². The molecule has 38 heavy (non-hydrogen) atoms. The van der Waals surface area contributed by atoms with Gasteiger partial charge in [-0.05, 0) is 41.8 Å². The van der Waals surface area contributed by atoms with Crippen LogP contribution in [-0.4, -0.2) is 69.0 Å². The van der Waals surface area contributed by atoms with Crippen LogP contribution in [0.15, 0.2) is 40.9 Å². The molecule has 2 N–H and O–H groups in total. The lowest BCUT2D eigenvalue weighted by Gasteiger charge is -2.34. The van der Waals surface area contributed by atoms with Crippen LogP contribution in [0.25, 0.3) is 11.1 Å². The molecule has 1 aromatic carbocycles. The van der Waals surface area contributed by atoms with Crippen LogP contribution in [0.1, 0.15) is 36.1 Å². The first-order chi connectivity index (χ1) is 18.4. The third kappa shape index (κ3) is 5.33. The summed E-state index contributed by atoms with van der Waals surface area (Å²) in [5.41, 5.74) is 1.64. The molecule has 0 bridgehead atoms. The first-order valence-corrected chi connectivity index (χ1v) is 12.2. The molecule has 1 saturated carbocycles. The van der Waals surface area contributed by atoms with Crippen molar-refractivity contribution in [3.63, 3.8) is 0 Å². The van der Waals surface area contributed by atoms with E-state index < -0.39 is 24.8 Å². The van der Waals surface area contributed by atoms with E-state index in [1.165, 1.54) is 4.90 Å². The number of likely N-dealkylation sites (tertiary alicyclic amines) is 1. The molecule has 2 aromatic heterocycles. The topological polar surface area (TPSA) is 154 Å². The summed E-state index contributed by atoms with van der Waals surface area (Å²) < 4.78 is 25.9. The summed E-state index contributed by atoms with van der Waals surface area (Å²) in [5.74, 6) is 0.431. The van der Waals surface area contributed by atoms with Crippen LogP contribution in [0.2, 0.25) is 0 Å². The summed E-state index contributed by atoms with van der Waals surface area (Å²) in [7, 11) is 0. The summed E-state index contributed by atoms with van der Waals surface area (Å²) in [6, 6.07) is 10.5.